The number of ether oxygens (including phenoxy) is 2. The van der Waals surface area contributed by atoms with Crippen LogP contribution in [0.25, 0.3) is 0 Å². The number of hydrogen-bond donors (Lipinski definition) is 2. The Balaban J connectivity index is 1.91. The fourth-order valence-electron chi connectivity index (χ4n) is 1.88. The molecule has 25 heavy (non-hydrogen) atoms. The number of rotatable bonds is 7. The zero-order chi connectivity index (χ0) is 18.2. The minimum absolute atomic E-state index is 0.0936. The third-order valence-electron chi connectivity index (χ3n) is 2.96. The van der Waals surface area contributed by atoms with E-state index in [9.17, 15) is 9.90 Å². The lowest BCUT2D eigenvalue weighted by Crippen LogP contribution is -2.24. The molecule has 0 bridgehead atoms. The lowest BCUT2D eigenvalue weighted by Gasteiger charge is -2.10. The Kier molecular flexibility index (Phi) is 6.91. The number of phenols is 1. The van der Waals surface area contributed by atoms with Gasteiger partial charge in [0.1, 0.15) is 5.75 Å². The highest BCUT2D eigenvalue weighted by molar-refractivity contribution is 6.36. The second-order valence-corrected chi connectivity index (χ2v) is 5.63. The van der Waals surface area contributed by atoms with Crippen molar-refractivity contribution in [1.82, 2.24) is 5.43 Å². The molecule has 132 valence electrons. The van der Waals surface area contributed by atoms with Gasteiger partial charge in [0.25, 0.3) is 5.91 Å². The fourth-order valence-corrected chi connectivity index (χ4v) is 2.39. The average Bonchev–Trinajstić information content (AvgIpc) is 2.58. The highest BCUT2D eigenvalue weighted by Gasteiger charge is 2.08. The maximum atomic E-state index is 11.8. The van der Waals surface area contributed by atoms with Gasteiger partial charge in [-0.2, -0.15) is 5.10 Å². The van der Waals surface area contributed by atoms with Crippen molar-refractivity contribution in [3.05, 3.63) is 52.0 Å². The highest BCUT2D eigenvalue weighted by Crippen LogP contribution is 2.30. The minimum atomic E-state index is -0.477. The van der Waals surface area contributed by atoms with Gasteiger partial charge in [0.15, 0.2) is 18.1 Å². The second-order valence-electron chi connectivity index (χ2n) is 4.79. The smallest absolute Gasteiger partial charge is 0.277 e. The quantitative estimate of drug-likeness (QED) is 0.565. The first-order valence-corrected chi connectivity index (χ1v) is 8.11. The Morgan fingerprint density at radius 1 is 1.24 bits per heavy atom. The van der Waals surface area contributed by atoms with E-state index < -0.39 is 5.91 Å². The van der Waals surface area contributed by atoms with Crippen molar-refractivity contribution >= 4 is 35.3 Å². The Morgan fingerprint density at radius 3 is 2.60 bits per heavy atom. The van der Waals surface area contributed by atoms with Gasteiger partial charge in [-0.25, -0.2) is 5.43 Å². The van der Waals surface area contributed by atoms with Crippen LogP contribution in [0.5, 0.6) is 17.2 Å². The third-order valence-corrected chi connectivity index (χ3v) is 3.46. The number of benzene rings is 2. The predicted molar refractivity (Wildman–Crippen MR) is 97.0 cm³/mol. The number of halogens is 2. The van der Waals surface area contributed by atoms with Crippen LogP contribution < -0.4 is 14.9 Å². The number of nitrogens with zero attached hydrogens (tertiary/aromatic N) is 1. The van der Waals surface area contributed by atoms with E-state index in [1.807, 2.05) is 13.0 Å². The molecule has 0 heterocycles. The molecule has 2 N–H and O–H groups in total. The normalized spacial score (nSPS) is 10.7. The predicted octanol–water partition coefficient (Wildman–Crippen LogP) is 3.63. The van der Waals surface area contributed by atoms with Crippen LogP contribution in [0.15, 0.2) is 41.5 Å². The van der Waals surface area contributed by atoms with Gasteiger partial charge in [0, 0.05) is 10.6 Å². The van der Waals surface area contributed by atoms with Gasteiger partial charge in [-0.15, -0.1) is 0 Å². The number of carbonyl (C=O) groups excluding carboxylic acids is 1. The van der Waals surface area contributed by atoms with Crippen molar-refractivity contribution < 1.29 is 19.4 Å². The fraction of sp³-hybridized carbons (Fsp3) is 0.176. The van der Waals surface area contributed by atoms with E-state index >= 15 is 0 Å². The third kappa shape index (κ3) is 5.55. The molecule has 1 amide bonds. The van der Waals surface area contributed by atoms with Crippen LogP contribution in [0.4, 0.5) is 0 Å². The average molecular weight is 383 g/mol. The zero-order valence-electron chi connectivity index (χ0n) is 13.3. The highest BCUT2D eigenvalue weighted by atomic mass is 35.5. The lowest BCUT2D eigenvalue weighted by atomic mass is 10.2. The van der Waals surface area contributed by atoms with Gasteiger partial charge in [0.2, 0.25) is 0 Å². The Hall–Kier alpha value is -2.44. The first-order valence-electron chi connectivity index (χ1n) is 7.35. The lowest BCUT2D eigenvalue weighted by molar-refractivity contribution is -0.123. The van der Waals surface area contributed by atoms with Crippen LogP contribution in [0.1, 0.15) is 12.5 Å². The number of para-hydroxylation sites is 2. The Morgan fingerprint density at radius 2 is 1.92 bits per heavy atom. The minimum Gasteiger partial charge on any atom is -0.506 e. The van der Waals surface area contributed by atoms with E-state index in [1.54, 1.807) is 18.2 Å². The topological polar surface area (TPSA) is 80.2 Å². The van der Waals surface area contributed by atoms with E-state index in [0.29, 0.717) is 23.1 Å². The van der Waals surface area contributed by atoms with Gasteiger partial charge in [-0.1, -0.05) is 35.3 Å². The molecular weight excluding hydrogens is 367 g/mol. The molecule has 0 aliphatic carbocycles. The molecule has 2 aromatic rings. The first-order chi connectivity index (χ1) is 12.0. The summed E-state index contributed by atoms with van der Waals surface area (Å²) in [6, 6.07) is 9.91. The van der Waals surface area contributed by atoms with Crippen molar-refractivity contribution in [3.8, 4) is 17.2 Å². The first kappa shape index (κ1) is 18.9. The largest absolute Gasteiger partial charge is 0.506 e. The number of amides is 1. The van der Waals surface area contributed by atoms with Gasteiger partial charge < -0.3 is 14.6 Å². The molecule has 0 aromatic heterocycles. The summed E-state index contributed by atoms with van der Waals surface area (Å²) in [5.74, 6) is 0.365. The van der Waals surface area contributed by atoms with Crippen molar-refractivity contribution in [2.75, 3.05) is 13.2 Å². The molecule has 2 rings (SSSR count). The number of aromatic hydroxyl groups is 1. The molecule has 6 nitrogen and oxygen atoms in total. The maximum Gasteiger partial charge on any atom is 0.277 e. The summed E-state index contributed by atoms with van der Waals surface area (Å²) >= 11 is 11.6. The van der Waals surface area contributed by atoms with E-state index in [0.717, 1.165) is 0 Å². The monoisotopic (exact) mass is 382 g/mol. The van der Waals surface area contributed by atoms with E-state index in [2.05, 4.69) is 10.5 Å². The van der Waals surface area contributed by atoms with E-state index in [-0.39, 0.29) is 22.9 Å². The number of hydrogen-bond acceptors (Lipinski definition) is 5. The van der Waals surface area contributed by atoms with Crippen LogP contribution in [0.2, 0.25) is 10.0 Å². The summed E-state index contributed by atoms with van der Waals surface area (Å²) in [5.41, 5.74) is 2.56. The molecular formula is C17H16Cl2N2O4. The summed E-state index contributed by atoms with van der Waals surface area (Å²) in [5, 5.41) is 14.0. The molecule has 0 saturated carbocycles. The van der Waals surface area contributed by atoms with E-state index in [4.69, 9.17) is 32.7 Å². The van der Waals surface area contributed by atoms with Crippen LogP contribution in [-0.2, 0) is 4.79 Å². The molecule has 0 aliphatic rings. The summed E-state index contributed by atoms with van der Waals surface area (Å²) in [7, 11) is 0. The summed E-state index contributed by atoms with van der Waals surface area (Å²) in [4.78, 5) is 11.8. The summed E-state index contributed by atoms with van der Waals surface area (Å²) in [6.45, 7) is 2.10. The summed E-state index contributed by atoms with van der Waals surface area (Å²) < 4.78 is 10.8. The maximum absolute atomic E-state index is 11.8. The van der Waals surface area contributed by atoms with Crippen molar-refractivity contribution in [1.29, 1.82) is 0 Å². The molecule has 0 radical (unpaired) electrons. The SMILES string of the molecule is CCOc1ccccc1OCC(=O)N/N=C\c1cc(Cl)cc(Cl)c1O. The number of nitrogens with one attached hydrogen (secondary N) is 1. The van der Waals surface area contributed by atoms with Crippen LogP contribution in [0, 0.1) is 0 Å². The standard InChI is InChI=1S/C17H16Cl2N2O4/c1-2-24-14-5-3-4-6-15(14)25-10-16(22)21-20-9-11-7-12(18)8-13(19)17(11)23/h3-9,23H,2,10H2,1H3,(H,21,22)/b20-9-. The second kappa shape index (κ2) is 9.15. The molecule has 2 aromatic carbocycles. The van der Waals surface area contributed by atoms with Crippen LogP contribution in [0.3, 0.4) is 0 Å². The number of hydrazone groups is 1. The number of carbonyl (C=O) groups is 1. The molecule has 0 atom stereocenters. The van der Waals surface area contributed by atoms with Crippen LogP contribution in [-0.4, -0.2) is 30.4 Å². The van der Waals surface area contributed by atoms with Crippen molar-refractivity contribution in [2.24, 2.45) is 5.10 Å². The zero-order valence-corrected chi connectivity index (χ0v) is 14.8. The van der Waals surface area contributed by atoms with E-state index in [1.165, 1.54) is 18.3 Å². The van der Waals surface area contributed by atoms with Crippen molar-refractivity contribution in [3.63, 3.8) is 0 Å². The van der Waals surface area contributed by atoms with Gasteiger partial charge >= 0.3 is 0 Å². The Labute approximate surface area is 155 Å². The molecule has 8 heteroatoms. The van der Waals surface area contributed by atoms with Crippen molar-refractivity contribution in [2.45, 2.75) is 6.92 Å². The Bertz CT molecular complexity index is 781. The van der Waals surface area contributed by atoms with Crippen LogP contribution >= 0.6 is 23.2 Å². The van der Waals surface area contributed by atoms with Gasteiger partial charge in [-0.05, 0) is 31.2 Å². The molecule has 0 saturated heterocycles. The van der Waals surface area contributed by atoms with Gasteiger partial charge in [-0.3, -0.25) is 4.79 Å². The molecule has 0 spiro atoms. The number of phenolic OH excluding ortho intramolecular Hbond substituents is 1. The molecule has 0 aliphatic heterocycles. The van der Waals surface area contributed by atoms with Gasteiger partial charge in [0.05, 0.1) is 17.8 Å². The summed E-state index contributed by atoms with van der Waals surface area (Å²) in [6.07, 6.45) is 1.24. The molecule has 0 unspecified atom stereocenters. The molecule has 0 fully saturated rings.